The maximum Gasteiger partial charge on any atom is 0.339 e. The van der Waals surface area contributed by atoms with E-state index in [2.05, 4.69) is 20.4 Å². The Hall–Kier alpha value is -4.17. The molecule has 2 heterocycles. The van der Waals surface area contributed by atoms with Crippen molar-refractivity contribution in [1.29, 1.82) is 0 Å². The number of fused-ring (bicyclic) bond motifs is 3. The Bertz CT molecular complexity index is 1870. The quantitative estimate of drug-likeness (QED) is 0.0671. The van der Waals surface area contributed by atoms with Gasteiger partial charge in [-0.25, -0.2) is 4.79 Å². The van der Waals surface area contributed by atoms with Gasteiger partial charge < -0.3 is 47.7 Å². The standard InChI is InChI=1S/C45H64O19/c1-21-19-44-17-13-31-42(10,15-12-16-43(31,11)41(52)53)32(44)14-18-45(21,23(44)3)62-40-38(36(64-63-29(9)51)34(57-26(6)48)30(60-40)20-54-24(4)46)61-39-37(59-28(8)50)35(58-27(7)49)33(22(2)55-39)56-25(5)47/h22-23,30-40H,1,12-20H2,2-11H3,(H,52,53)/t22?,23-,30?,31?,32+,33+,34-,35?,36?,37?,38?,39+,40+,42-,43-,44-,45-/m1/s1. The Balaban J connectivity index is 1.44. The molecule has 0 aromatic heterocycles. The number of rotatable bonds is 13. The fourth-order valence-corrected chi connectivity index (χ4v) is 12.8. The van der Waals surface area contributed by atoms with Gasteiger partial charge >= 0.3 is 41.8 Å². The van der Waals surface area contributed by atoms with Crippen molar-refractivity contribution in [2.75, 3.05) is 6.61 Å². The van der Waals surface area contributed by atoms with Crippen molar-refractivity contribution in [1.82, 2.24) is 0 Å². The third-order valence-electron chi connectivity index (χ3n) is 15.2. The van der Waals surface area contributed by atoms with Crippen LogP contribution in [-0.2, 0) is 86.0 Å². The highest BCUT2D eigenvalue weighted by Crippen LogP contribution is 2.75. The van der Waals surface area contributed by atoms with Crippen LogP contribution in [0.25, 0.3) is 0 Å². The number of aliphatic carboxylic acids is 1. The number of carboxylic acids is 1. The van der Waals surface area contributed by atoms with E-state index in [-0.39, 0.29) is 28.6 Å². The van der Waals surface area contributed by atoms with Gasteiger partial charge in [-0.3, -0.25) is 33.7 Å². The van der Waals surface area contributed by atoms with Gasteiger partial charge in [0.1, 0.15) is 18.8 Å². The van der Waals surface area contributed by atoms with Crippen molar-refractivity contribution in [3.05, 3.63) is 12.2 Å². The molecule has 6 fully saturated rings. The summed E-state index contributed by atoms with van der Waals surface area (Å²) < 4.78 is 54.8. The van der Waals surface area contributed by atoms with E-state index in [4.69, 9.17) is 52.4 Å². The summed E-state index contributed by atoms with van der Waals surface area (Å²) in [6, 6.07) is 0. The number of hydrogen-bond donors (Lipinski definition) is 1. The minimum atomic E-state index is -1.67. The summed E-state index contributed by atoms with van der Waals surface area (Å²) in [5.41, 5.74) is -1.79. The highest BCUT2D eigenvalue weighted by molar-refractivity contribution is 5.75. The van der Waals surface area contributed by atoms with Crippen molar-refractivity contribution in [3.63, 3.8) is 0 Å². The zero-order valence-corrected chi connectivity index (χ0v) is 38.4. The SMILES string of the molecule is C=C1C[C@@]23CCC4[C@](C)(C(=O)O)CCC[C@@]4(C)[C@@H]2CC[C@]1(O[C@@H]1OC(COC(C)=O)[C@@H](OC(C)=O)C(OOC(C)=O)C1O[C@@H]1OC(C)[C@H](OC(C)=O)C(OC(C)=O)C1OC(C)=O)[C@@H]3C. The highest BCUT2D eigenvalue weighted by atomic mass is 17.2. The molecule has 358 valence electrons. The molecule has 0 amide bonds. The molecule has 4 aliphatic carbocycles. The molecule has 6 aliphatic rings. The number of hydrogen-bond acceptors (Lipinski definition) is 18. The summed E-state index contributed by atoms with van der Waals surface area (Å²) in [5, 5.41) is 10.5. The van der Waals surface area contributed by atoms with E-state index in [9.17, 15) is 38.7 Å². The van der Waals surface area contributed by atoms with Gasteiger partial charge in [0.2, 0.25) is 0 Å². The molecule has 2 aliphatic heterocycles. The second kappa shape index (κ2) is 18.6. The first kappa shape index (κ1) is 49.3. The van der Waals surface area contributed by atoms with Crippen molar-refractivity contribution < 1.29 is 91.1 Å². The lowest BCUT2D eigenvalue weighted by molar-refractivity contribution is -0.416. The first-order chi connectivity index (χ1) is 29.9. The second-order valence-electron chi connectivity index (χ2n) is 19.1. The van der Waals surface area contributed by atoms with E-state index in [0.29, 0.717) is 32.1 Å². The van der Waals surface area contributed by atoms with Gasteiger partial charge in [0, 0.05) is 41.5 Å². The van der Waals surface area contributed by atoms with E-state index in [1.165, 1.54) is 13.8 Å². The van der Waals surface area contributed by atoms with Crippen molar-refractivity contribution in [2.24, 2.45) is 34.0 Å². The van der Waals surface area contributed by atoms with Gasteiger partial charge in [-0.15, -0.1) is 0 Å². The van der Waals surface area contributed by atoms with Crippen LogP contribution in [0.4, 0.5) is 0 Å². The molecule has 19 nitrogen and oxygen atoms in total. The minimum Gasteiger partial charge on any atom is -0.481 e. The lowest BCUT2D eigenvalue weighted by Gasteiger charge is -2.65. The molecule has 17 atom stereocenters. The molecular weight excluding hydrogens is 844 g/mol. The molecule has 0 radical (unpaired) electrons. The maximum absolute atomic E-state index is 12.8. The fourth-order valence-electron chi connectivity index (χ4n) is 12.8. The average molecular weight is 909 g/mol. The number of carbonyl (C=O) groups is 7. The van der Waals surface area contributed by atoms with Crippen LogP contribution in [0.3, 0.4) is 0 Å². The number of ether oxygens (including phenoxy) is 9. The molecule has 7 unspecified atom stereocenters. The zero-order valence-electron chi connectivity index (χ0n) is 38.4. The molecule has 0 aromatic carbocycles. The third-order valence-corrected chi connectivity index (χ3v) is 15.2. The highest BCUT2D eigenvalue weighted by Gasteiger charge is 2.72. The number of esters is 5. The summed E-state index contributed by atoms with van der Waals surface area (Å²) in [6.45, 7) is 18.6. The summed E-state index contributed by atoms with van der Waals surface area (Å²) in [7, 11) is 0. The van der Waals surface area contributed by atoms with Gasteiger partial charge in [-0.1, -0.05) is 26.8 Å². The van der Waals surface area contributed by atoms with Crippen LogP contribution in [0, 0.1) is 34.0 Å². The van der Waals surface area contributed by atoms with E-state index >= 15 is 0 Å². The first-order valence-electron chi connectivity index (χ1n) is 22.1. The summed E-state index contributed by atoms with van der Waals surface area (Å²) in [6.07, 6.45) is -9.27. The largest absolute Gasteiger partial charge is 0.481 e. The van der Waals surface area contributed by atoms with E-state index < -0.39 is 121 Å². The molecule has 2 saturated heterocycles. The summed E-state index contributed by atoms with van der Waals surface area (Å²) in [4.78, 5) is 98.5. The predicted octanol–water partition coefficient (Wildman–Crippen LogP) is 4.43. The number of carbonyl (C=O) groups excluding carboxylic acids is 6. The lowest BCUT2D eigenvalue weighted by atomic mass is 9.39. The minimum absolute atomic E-state index is 0.0328. The normalized spacial score (nSPS) is 42.5. The Kier molecular flexibility index (Phi) is 14.3. The van der Waals surface area contributed by atoms with Crippen LogP contribution in [0.5, 0.6) is 0 Å². The molecular formula is C45H64O19. The Morgan fingerprint density at radius 2 is 1.27 bits per heavy atom. The van der Waals surface area contributed by atoms with E-state index in [0.717, 1.165) is 59.5 Å². The first-order valence-corrected chi connectivity index (χ1v) is 22.1. The molecule has 2 bridgehead atoms. The molecule has 6 rings (SSSR count). The molecule has 4 saturated carbocycles. The topological polar surface area (TPSA) is 241 Å². The summed E-state index contributed by atoms with van der Waals surface area (Å²) in [5.74, 6) is -5.69. The molecule has 1 spiro atoms. The molecule has 1 N–H and O–H groups in total. The van der Waals surface area contributed by atoms with Gasteiger partial charge in [0.25, 0.3) is 0 Å². The molecule has 64 heavy (non-hydrogen) atoms. The van der Waals surface area contributed by atoms with Gasteiger partial charge in [-0.2, -0.15) is 4.89 Å². The van der Waals surface area contributed by atoms with E-state index in [1.807, 2.05) is 6.92 Å². The van der Waals surface area contributed by atoms with Crippen LogP contribution in [0.2, 0.25) is 0 Å². The van der Waals surface area contributed by atoms with Gasteiger partial charge in [-0.05, 0) is 93.0 Å². The fraction of sp³-hybridized carbons (Fsp3) is 0.800. The predicted molar refractivity (Wildman–Crippen MR) is 216 cm³/mol. The Morgan fingerprint density at radius 1 is 0.672 bits per heavy atom. The lowest BCUT2D eigenvalue weighted by Crippen LogP contribution is -2.68. The zero-order chi connectivity index (χ0) is 47.3. The Labute approximate surface area is 372 Å². The Morgan fingerprint density at radius 3 is 1.86 bits per heavy atom. The van der Waals surface area contributed by atoms with Gasteiger partial charge in [0.05, 0.1) is 17.1 Å². The smallest absolute Gasteiger partial charge is 0.339 e. The van der Waals surface area contributed by atoms with Crippen LogP contribution < -0.4 is 0 Å². The number of carboxylic acid groups (broad SMARTS) is 1. The molecule has 0 aromatic rings. The molecule has 19 heteroatoms. The second-order valence-corrected chi connectivity index (χ2v) is 19.1. The van der Waals surface area contributed by atoms with Crippen LogP contribution in [-0.4, -0.2) is 121 Å². The van der Waals surface area contributed by atoms with Crippen molar-refractivity contribution >= 4 is 41.8 Å². The van der Waals surface area contributed by atoms with Crippen molar-refractivity contribution in [3.8, 4) is 0 Å². The van der Waals surface area contributed by atoms with E-state index in [1.54, 1.807) is 0 Å². The van der Waals surface area contributed by atoms with Crippen LogP contribution in [0.1, 0.15) is 121 Å². The monoisotopic (exact) mass is 908 g/mol. The van der Waals surface area contributed by atoms with Crippen LogP contribution in [0.15, 0.2) is 12.2 Å². The summed E-state index contributed by atoms with van der Waals surface area (Å²) >= 11 is 0. The average Bonchev–Trinajstić information content (AvgIpc) is 3.27. The van der Waals surface area contributed by atoms with Crippen molar-refractivity contribution in [2.45, 2.75) is 188 Å². The van der Waals surface area contributed by atoms with Crippen LogP contribution >= 0.6 is 0 Å². The van der Waals surface area contributed by atoms with Gasteiger partial charge in [0.15, 0.2) is 43.1 Å². The third kappa shape index (κ3) is 9.03. The maximum atomic E-state index is 12.8.